The van der Waals surface area contributed by atoms with Crippen molar-refractivity contribution in [1.29, 1.82) is 0 Å². The Balaban J connectivity index is 0.000000211. The lowest BCUT2D eigenvalue weighted by atomic mass is 10.2. The second-order valence-electron chi connectivity index (χ2n) is 9.53. The number of carbonyl (C=O) groups is 3. The number of piperazine rings is 2. The van der Waals surface area contributed by atoms with Crippen LogP contribution in [-0.4, -0.2) is 90.6 Å². The first-order valence-corrected chi connectivity index (χ1v) is 12.1. The zero-order chi connectivity index (χ0) is 25.3. The lowest BCUT2D eigenvalue weighted by Crippen LogP contribution is -2.51. The van der Waals surface area contributed by atoms with Gasteiger partial charge < -0.3 is 24.8 Å². The highest BCUT2D eigenvalue weighted by Gasteiger charge is 2.28. The van der Waals surface area contributed by atoms with Gasteiger partial charge in [0.25, 0.3) is 11.8 Å². The van der Waals surface area contributed by atoms with Crippen LogP contribution in [0.15, 0.2) is 60.7 Å². The summed E-state index contributed by atoms with van der Waals surface area (Å²) in [6.07, 6.45) is -0.311. The van der Waals surface area contributed by atoms with Crippen LogP contribution in [0.2, 0.25) is 0 Å². The zero-order valence-electron chi connectivity index (χ0n) is 20.9. The van der Waals surface area contributed by atoms with Gasteiger partial charge in [0.15, 0.2) is 0 Å². The summed E-state index contributed by atoms with van der Waals surface area (Å²) in [5.41, 5.74) is 0.978. The van der Waals surface area contributed by atoms with Gasteiger partial charge in [-0.3, -0.25) is 9.59 Å². The summed E-state index contributed by atoms with van der Waals surface area (Å²) in [5.74, 6) is 0.159. The molecule has 4 rings (SSSR count). The molecular weight excluding hydrogens is 444 g/mol. The second kappa shape index (κ2) is 12.4. The molecule has 0 atom stereocenters. The molecule has 2 fully saturated rings. The van der Waals surface area contributed by atoms with Crippen LogP contribution in [-0.2, 0) is 4.74 Å². The number of nitrogens with one attached hydrogen (secondary N) is 1. The molecule has 8 heteroatoms. The van der Waals surface area contributed by atoms with Gasteiger partial charge in [0.1, 0.15) is 5.60 Å². The quantitative estimate of drug-likeness (QED) is 0.714. The van der Waals surface area contributed by atoms with Gasteiger partial charge in [-0.1, -0.05) is 36.4 Å². The number of rotatable bonds is 2. The van der Waals surface area contributed by atoms with Crippen LogP contribution in [0.5, 0.6) is 0 Å². The van der Waals surface area contributed by atoms with Gasteiger partial charge in [-0.15, -0.1) is 0 Å². The normalized spacial score (nSPS) is 16.1. The number of hydrogen-bond acceptors (Lipinski definition) is 5. The second-order valence-corrected chi connectivity index (χ2v) is 9.53. The van der Waals surface area contributed by atoms with E-state index in [2.05, 4.69) is 5.32 Å². The Kier molecular flexibility index (Phi) is 9.25. The summed E-state index contributed by atoms with van der Waals surface area (Å²) in [4.78, 5) is 41.5. The highest BCUT2D eigenvalue weighted by Crippen LogP contribution is 2.13. The molecule has 2 aromatic carbocycles. The van der Waals surface area contributed by atoms with Crippen LogP contribution in [0.1, 0.15) is 41.5 Å². The Labute approximate surface area is 207 Å². The molecule has 0 radical (unpaired) electrons. The average Bonchev–Trinajstić information content (AvgIpc) is 2.89. The molecule has 0 unspecified atom stereocenters. The number of benzene rings is 2. The van der Waals surface area contributed by atoms with Gasteiger partial charge in [-0.05, 0) is 45.0 Å². The summed E-state index contributed by atoms with van der Waals surface area (Å²) < 4.78 is 5.34. The third kappa shape index (κ3) is 8.10. The Hall–Kier alpha value is -3.39. The van der Waals surface area contributed by atoms with Crippen molar-refractivity contribution in [1.82, 2.24) is 20.0 Å². The molecule has 2 aliphatic heterocycles. The minimum absolute atomic E-state index is 0.0134. The fraction of sp³-hybridized carbons (Fsp3) is 0.444. The van der Waals surface area contributed by atoms with Gasteiger partial charge in [-0.25, -0.2) is 4.79 Å². The molecule has 0 aromatic heterocycles. The van der Waals surface area contributed by atoms with Crippen molar-refractivity contribution in [2.45, 2.75) is 26.4 Å². The van der Waals surface area contributed by atoms with Crippen molar-refractivity contribution in [3.63, 3.8) is 0 Å². The summed E-state index contributed by atoms with van der Waals surface area (Å²) in [6, 6.07) is 18.7. The lowest BCUT2D eigenvalue weighted by molar-refractivity contribution is 0.0141. The van der Waals surface area contributed by atoms with Crippen molar-refractivity contribution in [2.24, 2.45) is 0 Å². The molecule has 3 amide bonds. The number of amides is 3. The van der Waals surface area contributed by atoms with E-state index in [1.807, 2.05) is 86.3 Å². The Bertz CT molecular complexity index is 962. The van der Waals surface area contributed by atoms with Crippen molar-refractivity contribution in [3.05, 3.63) is 71.8 Å². The van der Waals surface area contributed by atoms with Gasteiger partial charge in [0, 0.05) is 63.5 Å². The van der Waals surface area contributed by atoms with E-state index < -0.39 is 5.60 Å². The average molecular weight is 481 g/mol. The fourth-order valence-electron chi connectivity index (χ4n) is 3.81. The Morgan fingerprint density at radius 1 is 0.657 bits per heavy atom. The summed E-state index contributed by atoms with van der Waals surface area (Å²) >= 11 is 0. The maximum Gasteiger partial charge on any atom is 0.410 e. The SMILES string of the molecule is CC(C)(C)OC(=O)N1CCN(C(=O)c2ccccc2)CC1.O=C(c1ccccc1)N1CCNCC1. The highest BCUT2D eigenvalue weighted by molar-refractivity contribution is 5.94. The first kappa shape index (κ1) is 26.2. The summed E-state index contributed by atoms with van der Waals surface area (Å²) in [6.45, 7) is 11.1. The molecule has 0 aliphatic carbocycles. The standard InChI is InChI=1S/C16H22N2O3.C11H14N2O/c1-16(2,3)21-15(20)18-11-9-17(10-12-18)14(19)13-7-5-4-6-8-13;14-11(10-4-2-1-3-5-10)13-8-6-12-7-9-13/h4-8H,9-12H2,1-3H3;1-5,12H,6-9H2. The third-order valence-electron chi connectivity index (χ3n) is 5.66. The lowest BCUT2D eigenvalue weighted by Gasteiger charge is -2.35. The number of carbonyl (C=O) groups excluding carboxylic acids is 3. The van der Waals surface area contributed by atoms with E-state index >= 15 is 0 Å². The first-order chi connectivity index (χ1) is 16.7. The molecule has 0 spiro atoms. The van der Waals surface area contributed by atoms with Gasteiger partial charge in [0.2, 0.25) is 0 Å². The van der Waals surface area contributed by atoms with E-state index in [9.17, 15) is 14.4 Å². The van der Waals surface area contributed by atoms with Crippen LogP contribution in [0.4, 0.5) is 4.79 Å². The van der Waals surface area contributed by atoms with Crippen molar-refractivity contribution >= 4 is 17.9 Å². The van der Waals surface area contributed by atoms with E-state index in [4.69, 9.17) is 4.74 Å². The first-order valence-electron chi connectivity index (χ1n) is 12.1. The number of ether oxygens (including phenoxy) is 1. The smallest absolute Gasteiger partial charge is 0.410 e. The van der Waals surface area contributed by atoms with E-state index in [1.54, 1.807) is 9.80 Å². The molecule has 2 aromatic rings. The minimum atomic E-state index is -0.492. The Morgan fingerprint density at radius 2 is 1.06 bits per heavy atom. The molecule has 2 aliphatic rings. The molecule has 1 N–H and O–H groups in total. The molecule has 2 saturated heterocycles. The summed E-state index contributed by atoms with van der Waals surface area (Å²) in [5, 5.41) is 3.23. The van der Waals surface area contributed by atoms with Gasteiger partial charge >= 0.3 is 6.09 Å². The topological polar surface area (TPSA) is 82.2 Å². The molecule has 188 valence electrons. The molecular formula is C27H36N4O4. The zero-order valence-corrected chi connectivity index (χ0v) is 20.9. The highest BCUT2D eigenvalue weighted by atomic mass is 16.6. The van der Waals surface area contributed by atoms with Gasteiger partial charge in [0.05, 0.1) is 0 Å². The summed E-state index contributed by atoms with van der Waals surface area (Å²) in [7, 11) is 0. The molecule has 35 heavy (non-hydrogen) atoms. The van der Waals surface area contributed by atoms with Crippen LogP contribution < -0.4 is 5.32 Å². The molecule has 0 saturated carbocycles. The van der Waals surface area contributed by atoms with Crippen LogP contribution in [0.3, 0.4) is 0 Å². The van der Waals surface area contributed by atoms with E-state index in [-0.39, 0.29) is 17.9 Å². The van der Waals surface area contributed by atoms with Crippen molar-refractivity contribution in [3.8, 4) is 0 Å². The van der Waals surface area contributed by atoms with E-state index in [0.717, 1.165) is 31.7 Å². The molecule has 2 heterocycles. The largest absolute Gasteiger partial charge is 0.444 e. The van der Waals surface area contributed by atoms with Crippen molar-refractivity contribution < 1.29 is 19.1 Å². The predicted octanol–water partition coefficient (Wildman–Crippen LogP) is 3.11. The third-order valence-corrected chi connectivity index (χ3v) is 5.66. The minimum Gasteiger partial charge on any atom is -0.444 e. The molecule has 0 bridgehead atoms. The monoisotopic (exact) mass is 480 g/mol. The maximum absolute atomic E-state index is 12.3. The fourth-order valence-corrected chi connectivity index (χ4v) is 3.81. The Morgan fingerprint density at radius 3 is 1.49 bits per heavy atom. The molecule has 8 nitrogen and oxygen atoms in total. The van der Waals surface area contributed by atoms with Crippen molar-refractivity contribution in [2.75, 3.05) is 52.4 Å². The van der Waals surface area contributed by atoms with E-state index in [0.29, 0.717) is 31.7 Å². The van der Waals surface area contributed by atoms with Crippen LogP contribution >= 0.6 is 0 Å². The number of hydrogen-bond donors (Lipinski definition) is 1. The van der Waals surface area contributed by atoms with Crippen LogP contribution in [0, 0.1) is 0 Å². The maximum atomic E-state index is 12.3. The van der Waals surface area contributed by atoms with E-state index in [1.165, 1.54) is 0 Å². The van der Waals surface area contributed by atoms with Crippen LogP contribution in [0.25, 0.3) is 0 Å². The van der Waals surface area contributed by atoms with Gasteiger partial charge in [-0.2, -0.15) is 0 Å². The predicted molar refractivity (Wildman–Crippen MR) is 135 cm³/mol. The number of nitrogens with zero attached hydrogens (tertiary/aromatic N) is 3.